The Hall–Kier alpha value is -2.11. The first kappa shape index (κ1) is 10.4. The summed E-state index contributed by atoms with van der Waals surface area (Å²) in [6, 6.07) is 0. The topological polar surface area (TPSA) is 81.7 Å². The lowest BCUT2D eigenvalue weighted by atomic mass is 10.3. The second kappa shape index (κ2) is 4.18. The van der Waals surface area contributed by atoms with Crippen LogP contribution in [-0.4, -0.2) is 19.5 Å². The van der Waals surface area contributed by atoms with Gasteiger partial charge in [-0.05, 0) is 6.92 Å². The van der Waals surface area contributed by atoms with Crippen molar-refractivity contribution in [3.63, 3.8) is 0 Å². The highest BCUT2D eigenvalue weighted by molar-refractivity contribution is 5.53. The minimum atomic E-state index is 0.498. The minimum Gasteiger partial charge on any atom is -0.383 e. The van der Waals surface area contributed by atoms with E-state index >= 15 is 0 Å². The highest BCUT2D eigenvalue weighted by atomic mass is 15.1. The van der Waals surface area contributed by atoms with Gasteiger partial charge in [0.15, 0.2) is 0 Å². The maximum Gasteiger partial charge on any atom is 0.134 e. The number of aryl methyl sites for hydroxylation is 1. The second-order valence-electron chi connectivity index (χ2n) is 3.54. The Labute approximate surface area is 93.6 Å². The molecule has 2 aromatic rings. The third-order valence-electron chi connectivity index (χ3n) is 2.46. The Morgan fingerprint density at radius 1 is 1.38 bits per heavy atom. The summed E-state index contributed by atoms with van der Waals surface area (Å²) >= 11 is 0. The van der Waals surface area contributed by atoms with Gasteiger partial charge in [0.25, 0.3) is 0 Å². The van der Waals surface area contributed by atoms with Crippen LogP contribution in [0.25, 0.3) is 0 Å². The zero-order valence-electron chi connectivity index (χ0n) is 9.31. The average molecular weight is 218 g/mol. The van der Waals surface area contributed by atoms with E-state index in [0.717, 1.165) is 17.2 Å². The Balaban J connectivity index is 2.11. The van der Waals surface area contributed by atoms with E-state index < -0.39 is 0 Å². The molecule has 0 unspecified atom stereocenters. The van der Waals surface area contributed by atoms with Gasteiger partial charge in [0.05, 0.1) is 6.54 Å². The summed E-state index contributed by atoms with van der Waals surface area (Å²) in [5, 5.41) is 3.18. The van der Waals surface area contributed by atoms with Crippen molar-refractivity contribution in [2.24, 2.45) is 7.05 Å². The van der Waals surface area contributed by atoms with Gasteiger partial charge in [-0.25, -0.2) is 15.0 Å². The molecule has 0 fully saturated rings. The van der Waals surface area contributed by atoms with Crippen LogP contribution in [0.4, 0.5) is 11.6 Å². The number of anilines is 2. The number of nitrogens with zero attached hydrogens (tertiary/aromatic N) is 4. The molecule has 3 N–H and O–H groups in total. The molecule has 0 aliphatic rings. The number of aromatic nitrogens is 4. The van der Waals surface area contributed by atoms with E-state index in [1.165, 1.54) is 6.33 Å². The molecule has 6 nitrogen and oxygen atoms in total. The maximum absolute atomic E-state index is 5.69. The molecular formula is C10H14N6. The van der Waals surface area contributed by atoms with Gasteiger partial charge < -0.3 is 15.6 Å². The number of imidazole rings is 1. The van der Waals surface area contributed by atoms with Crippen LogP contribution >= 0.6 is 0 Å². The van der Waals surface area contributed by atoms with Crippen LogP contribution < -0.4 is 11.1 Å². The van der Waals surface area contributed by atoms with Crippen molar-refractivity contribution in [2.75, 3.05) is 11.1 Å². The van der Waals surface area contributed by atoms with Crippen LogP contribution in [0.15, 0.2) is 18.7 Å². The molecule has 0 bridgehead atoms. The van der Waals surface area contributed by atoms with Crippen LogP contribution in [0, 0.1) is 6.92 Å². The third-order valence-corrected chi connectivity index (χ3v) is 2.46. The van der Waals surface area contributed by atoms with E-state index in [0.29, 0.717) is 12.4 Å². The van der Waals surface area contributed by atoms with Crippen molar-refractivity contribution in [3.8, 4) is 0 Å². The van der Waals surface area contributed by atoms with E-state index in [2.05, 4.69) is 20.3 Å². The van der Waals surface area contributed by atoms with Crippen LogP contribution in [0.2, 0.25) is 0 Å². The summed E-state index contributed by atoms with van der Waals surface area (Å²) < 4.78 is 1.95. The van der Waals surface area contributed by atoms with Gasteiger partial charge in [-0.15, -0.1) is 0 Å². The zero-order valence-corrected chi connectivity index (χ0v) is 9.31. The molecule has 0 saturated carbocycles. The standard InChI is InChI=1S/C10H14N6/c1-7-9(11)14-6-15-10(7)13-5-8-12-3-4-16(8)2/h3-4,6H,5H2,1-2H3,(H3,11,13,14,15). The molecule has 2 aromatic heterocycles. The number of hydrogen-bond acceptors (Lipinski definition) is 5. The fourth-order valence-corrected chi connectivity index (χ4v) is 1.37. The van der Waals surface area contributed by atoms with E-state index in [-0.39, 0.29) is 0 Å². The predicted octanol–water partition coefficient (Wildman–Crippen LogP) is 0.713. The Morgan fingerprint density at radius 2 is 2.19 bits per heavy atom. The molecule has 0 spiro atoms. The number of nitrogens with two attached hydrogens (primary N) is 1. The highest BCUT2D eigenvalue weighted by Gasteiger charge is 2.05. The van der Waals surface area contributed by atoms with Crippen molar-refractivity contribution in [3.05, 3.63) is 30.1 Å². The van der Waals surface area contributed by atoms with Crippen LogP contribution in [0.3, 0.4) is 0 Å². The quantitative estimate of drug-likeness (QED) is 0.793. The third kappa shape index (κ3) is 1.95. The fourth-order valence-electron chi connectivity index (χ4n) is 1.37. The molecule has 0 aromatic carbocycles. The summed E-state index contributed by atoms with van der Waals surface area (Å²) in [5.41, 5.74) is 6.55. The van der Waals surface area contributed by atoms with Gasteiger partial charge in [-0.2, -0.15) is 0 Å². The molecule has 0 radical (unpaired) electrons. The van der Waals surface area contributed by atoms with Crippen molar-refractivity contribution >= 4 is 11.6 Å². The van der Waals surface area contributed by atoms with Crippen molar-refractivity contribution < 1.29 is 0 Å². The lowest BCUT2D eigenvalue weighted by Gasteiger charge is -2.08. The van der Waals surface area contributed by atoms with Crippen molar-refractivity contribution in [1.82, 2.24) is 19.5 Å². The molecule has 2 heterocycles. The van der Waals surface area contributed by atoms with Gasteiger partial charge in [0.1, 0.15) is 23.8 Å². The van der Waals surface area contributed by atoms with Crippen molar-refractivity contribution in [2.45, 2.75) is 13.5 Å². The highest BCUT2D eigenvalue weighted by Crippen LogP contribution is 2.15. The SMILES string of the molecule is Cc1c(N)ncnc1NCc1nccn1C. The van der Waals surface area contributed by atoms with Gasteiger partial charge in [0.2, 0.25) is 0 Å². The van der Waals surface area contributed by atoms with Gasteiger partial charge >= 0.3 is 0 Å². The predicted molar refractivity (Wildman–Crippen MR) is 61.7 cm³/mol. The van der Waals surface area contributed by atoms with Crippen molar-refractivity contribution in [1.29, 1.82) is 0 Å². The largest absolute Gasteiger partial charge is 0.383 e. The monoisotopic (exact) mass is 218 g/mol. The second-order valence-corrected chi connectivity index (χ2v) is 3.54. The molecule has 16 heavy (non-hydrogen) atoms. The summed E-state index contributed by atoms with van der Waals surface area (Å²) in [7, 11) is 1.95. The number of nitrogens with one attached hydrogen (secondary N) is 1. The van der Waals surface area contributed by atoms with E-state index in [9.17, 15) is 0 Å². The van der Waals surface area contributed by atoms with Gasteiger partial charge in [-0.3, -0.25) is 0 Å². The first-order chi connectivity index (χ1) is 7.68. The normalized spacial score (nSPS) is 10.4. The van der Waals surface area contributed by atoms with Gasteiger partial charge in [0, 0.05) is 25.0 Å². The summed E-state index contributed by atoms with van der Waals surface area (Å²) in [6.07, 6.45) is 5.11. The first-order valence-electron chi connectivity index (χ1n) is 4.95. The Morgan fingerprint density at radius 3 is 2.88 bits per heavy atom. The molecule has 0 amide bonds. The molecule has 0 atom stereocenters. The van der Waals surface area contributed by atoms with Crippen LogP contribution in [0.1, 0.15) is 11.4 Å². The molecule has 6 heteroatoms. The molecular weight excluding hydrogens is 204 g/mol. The number of nitrogen functional groups attached to an aromatic ring is 1. The van der Waals surface area contributed by atoms with Gasteiger partial charge in [-0.1, -0.05) is 0 Å². The molecule has 0 aliphatic carbocycles. The van der Waals surface area contributed by atoms with Crippen LogP contribution in [-0.2, 0) is 13.6 Å². The first-order valence-corrected chi connectivity index (χ1v) is 4.95. The molecule has 84 valence electrons. The molecule has 0 aliphatic heterocycles. The molecule has 0 saturated heterocycles. The Bertz CT molecular complexity index is 490. The summed E-state index contributed by atoms with van der Waals surface area (Å²) in [6.45, 7) is 2.50. The minimum absolute atomic E-state index is 0.498. The van der Waals surface area contributed by atoms with E-state index in [1.807, 2.05) is 24.7 Å². The lowest BCUT2D eigenvalue weighted by Crippen LogP contribution is -2.09. The summed E-state index contributed by atoms with van der Waals surface area (Å²) in [5.74, 6) is 2.18. The maximum atomic E-state index is 5.69. The van der Waals surface area contributed by atoms with Crippen LogP contribution in [0.5, 0.6) is 0 Å². The Kier molecular flexibility index (Phi) is 2.72. The fraction of sp³-hybridized carbons (Fsp3) is 0.300. The van der Waals surface area contributed by atoms with E-state index in [1.54, 1.807) is 6.20 Å². The average Bonchev–Trinajstić information content (AvgIpc) is 2.67. The smallest absolute Gasteiger partial charge is 0.134 e. The summed E-state index contributed by atoms with van der Waals surface area (Å²) in [4.78, 5) is 12.2. The molecule has 2 rings (SSSR count). The van der Waals surface area contributed by atoms with E-state index in [4.69, 9.17) is 5.73 Å². The zero-order chi connectivity index (χ0) is 11.5. The lowest BCUT2D eigenvalue weighted by molar-refractivity contribution is 0.810. The number of hydrogen-bond donors (Lipinski definition) is 2. The number of rotatable bonds is 3.